The molecule has 10 nitrogen and oxygen atoms in total. The molecular formula is C19H24N8O2. The fourth-order valence-electron chi connectivity index (χ4n) is 3.42. The van der Waals surface area contributed by atoms with Gasteiger partial charge in [-0.15, -0.1) is 5.10 Å². The van der Waals surface area contributed by atoms with Crippen molar-refractivity contribution in [3.8, 4) is 5.69 Å². The van der Waals surface area contributed by atoms with Crippen molar-refractivity contribution in [2.45, 2.75) is 32.7 Å². The minimum atomic E-state index is -0.0247. The molecule has 10 heteroatoms. The highest BCUT2D eigenvalue weighted by molar-refractivity contribution is 5.97. The third kappa shape index (κ3) is 3.88. The van der Waals surface area contributed by atoms with Crippen LogP contribution >= 0.6 is 0 Å². The van der Waals surface area contributed by atoms with Gasteiger partial charge >= 0.3 is 0 Å². The molecule has 0 aliphatic carbocycles. The maximum atomic E-state index is 13.1. The van der Waals surface area contributed by atoms with Crippen LogP contribution < -0.4 is 0 Å². The molecular weight excluding hydrogens is 372 g/mol. The Labute approximate surface area is 168 Å². The average molecular weight is 396 g/mol. The summed E-state index contributed by atoms with van der Waals surface area (Å²) < 4.78 is 6.94. The summed E-state index contributed by atoms with van der Waals surface area (Å²) in [5.74, 6) is 1.55. The van der Waals surface area contributed by atoms with Crippen molar-refractivity contribution >= 4 is 5.91 Å². The number of aromatic nitrogens is 6. The molecule has 1 amide bonds. The summed E-state index contributed by atoms with van der Waals surface area (Å²) in [5, 5.41) is 15.3. The Hall–Kier alpha value is -3.14. The van der Waals surface area contributed by atoms with E-state index < -0.39 is 0 Å². The first kappa shape index (κ1) is 19.2. The van der Waals surface area contributed by atoms with E-state index in [0.29, 0.717) is 30.2 Å². The summed E-state index contributed by atoms with van der Waals surface area (Å²) >= 11 is 0. The zero-order valence-corrected chi connectivity index (χ0v) is 16.8. The van der Waals surface area contributed by atoms with E-state index in [2.05, 4.69) is 37.5 Å². The Balaban J connectivity index is 1.43. The summed E-state index contributed by atoms with van der Waals surface area (Å²) in [7, 11) is 0. The van der Waals surface area contributed by atoms with Crippen molar-refractivity contribution in [1.82, 2.24) is 40.1 Å². The molecule has 0 N–H and O–H groups in total. The van der Waals surface area contributed by atoms with Crippen LogP contribution in [0.4, 0.5) is 0 Å². The molecule has 1 atom stereocenters. The molecule has 1 unspecified atom stereocenters. The van der Waals surface area contributed by atoms with Crippen molar-refractivity contribution in [1.29, 1.82) is 0 Å². The number of hydrogen-bond donors (Lipinski definition) is 0. The van der Waals surface area contributed by atoms with E-state index in [-0.39, 0.29) is 17.9 Å². The highest BCUT2D eigenvalue weighted by atomic mass is 16.5. The van der Waals surface area contributed by atoms with Gasteiger partial charge in [0.05, 0.1) is 17.3 Å². The smallest absolute Gasteiger partial charge is 0.256 e. The molecule has 0 bridgehead atoms. The molecule has 3 heterocycles. The number of hydrogen-bond acceptors (Lipinski definition) is 8. The van der Waals surface area contributed by atoms with Crippen molar-refractivity contribution < 1.29 is 9.32 Å². The van der Waals surface area contributed by atoms with Gasteiger partial charge in [-0.05, 0) is 29.5 Å². The number of benzene rings is 1. The van der Waals surface area contributed by atoms with Gasteiger partial charge in [0.25, 0.3) is 5.91 Å². The average Bonchev–Trinajstić information content (AvgIpc) is 3.45. The zero-order chi connectivity index (χ0) is 20.4. The molecule has 1 aromatic carbocycles. The standard InChI is InChI=1S/C19H24N8O2/c1-13(2)17-21-18(29-22-17)14(3)25-8-10-26(11-9-25)19(28)15-6-4-5-7-16(15)27-12-20-23-24-27/h4-7,12-14H,8-11H2,1-3H3. The summed E-state index contributed by atoms with van der Waals surface area (Å²) in [4.78, 5) is 21.7. The number of carbonyl (C=O) groups is 1. The summed E-state index contributed by atoms with van der Waals surface area (Å²) in [6.45, 7) is 8.85. The Bertz CT molecular complexity index is 960. The molecule has 29 heavy (non-hydrogen) atoms. The van der Waals surface area contributed by atoms with Gasteiger partial charge in [-0.2, -0.15) is 9.67 Å². The van der Waals surface area contributed by atoms with Crippen molar-refractivity contribution in [2.24, 2.45) is 0 Å². The van der Waals surface area contributed by atoms with Crippen LogP contribution in [0.5, 0.6) is 0 Å². The summed E-state index contributed by atoms with van der Waals surface area (Å²) in [6, 6.07) is 7.37. The SMILES string of the molecule is CC(C)c1noc(C(C)N2CCN(C(=O)c3ccccc3-n3cnnn3)CC2)n1. The van der Waals surface area contributed by atoms with E-state index in [4.69, 9.17) is 4.52 Å². The number of amides is 1. The van der Waals surface area contributed by atoms with Crippen LogP contribution in [0.25, 0.3) is 5.69 Å². The highest BCUT2D eigenvalue weighted by Crippen LogP contribution is 2.23. The molecule has 0 spiro atoms. The van der Waals surface area contributed by atoms with Crippen LogP contribution in [-0.4, -0.2) is 72.2 Å². The molecule has 1 fully saturated rings. The zero-order valence-electron chi connectivity index (χ0n) is 16.8. The summed E-state index contributed by atoms with van der Waals surface area (Å²) in [5.41, 5.74) is 1.25. The molecule has 4 rings (SSSR count). The molecule has 2 aromatic heterocycles. The second kappa shape index (κ2) is 8.08. The lowest BCUT2D eigenvalue weighted by molar-refractivity contribution is 0.0551. The van der Waals surface area contributed by atoms with E-state index in [1.165, 1.54) is 11.0 Å². The molecule has 0 saturated carbocycles. The molecule has 1 aliphatic heterocycles. The molecule has 1 saturated heterocycles. The van der Waals surface area contributed by atoms with Gasteiger partial charge in [0.1, 0.15) is 6.33 Å². The molecule has 152 valence electrons. The maximum absolute atomic E-state index is 13.1. The first-order chi connectivity index (χ1) is 14.0. The fraction of sp³-hybridized carbons (Fsp3) is 0.474. The minimum absolute atomic E-state index is 0.0146. The largest absolute Gasteiger partial charge is 0.338 e. The van der Waals surface area contributed by atoms with Crippen molar-refractivity contribution in [2.75, 3.05) is 26.2 Å². The molecule has 0 radical (unpaired) electrons. The van der Waals surface area contributed by atoms with Gasteiger partial charge < -0.3 is 9.42 Å². The second-order valence-corrected chi connectivity index (χ2v) is 7.42. The number of para-hydroxylation sites is 1. The minimum Gasteiger partial charge on any atom is -0.338 e. The third-order valence-corrected chi connectivity index (χ3v) is 5.21. The lowest BCUT2D eigenvalue weighted by atomic mass is 10.1. The fourth-order valence-corrected chi connectivity index (χ4v) is 3.42. The van der Waals surface area contributed by atoms with Crippen LogP contribution in [0.3, 0.4) is 0 Å². The normalized spacial score (nSPS) is 16.3. The van der Waals surface area contributed by atoms with Crippen LogP contribution in [0.2, 0.25) is 0 Å². The number of rotatable bonds is 5. The number of tetrazole rings is 1. The van der Waals surface area contributed by atoms with Crippen LogP contribution in [-0.2, 0) is 0 Å². The summed E-state index contributed by atoms with van der Waals surface area (Å²) in [6.07, 6.45) is 1.49. The maximum Gasteiger partial charge on any atom is 0.256 e. The van der Waals surface area contributed by atoms with Gasteiger partial charge in [-0.1, -0.05) is 31.1 Å². The van der Waals surface area contributed by atoms with Gasteiger partial charge in [0, 0.05) is 32.1 Å². The Morgan fingerprint density at radius 1 is 1.10 bits per heavy atom. The van der Waals surface area contributed by atoms with E-state index in [1.807, 2.05) is 36.9 Å². The predicted octanol–water partition coefficient (Wildman–Crippen LogP) is 1.69. The Kier molecular flexibility index (Phi) is 5.34. The van der Waals surface area contributed by atoms with Gasteiger partial charge in [-0.3, -0.25) is 9.69 Å². The molecule has 3 aromatic rings. The number of carbonyl (C=O) groups excluding carboxylic acids is 1. The van der Waals surface area contributed by atoms with Crippen LogP contribution in [0.15, 0.2) is 35.1 Å². The first-order valence-corrected chi connectivity index (χ1v) is 9.74. The Morgan fingerprint density at radius 3 is 2.52 bits per heavy atom. The van der Waals surface area contributed by atoms with Gasteiger partial charge in [0.2, 0.25) is 5.89 Å². The van der Waals surface area contributed by atoms with Crippen molar-refractivity contribution in [3.05, 3.63) is 47.9 Å². The topological polar surface area (TPSA) is 106 Å². The van der Waals surface area contributed by atoms with E-state index in [1.54, 1.807) is 6.07 Å². The second-order valence-electron chi connectivity index (χ2n) is 7.42. The first-order valence-electron chi connectivity index (χ1n) is 9.74. The third-order valence-electron chi connectivity index (χ3n) is 5.21. The highest BCUT2D eigenvalue weighted by Gasteiger charge is 2.29. The lowest BCUT2D eigenvalue weighted by Gasteiger charge is -2.37. The monoisotopic (exact) mass is 396 g/mol. The number of piperazine rings is 1. The van der Waals surface area contributed by atoms with Crippen LogP contribution in [0.1, 0.15) is 54.8 Å². The quantitative estimate of drug-likeness (QED) is 0.641. The van der Waals surface area contributed by atoms with Crippen molar-refractivity contribution in [3.63, 3.8) is 0 Å². The molecule has 1 aliphatic rings. The number of nitrogens with zero attached hydrogens (tertiary/aromatic N) is 8. The van der Waals surface area contributed by atoms with E-state index >= 15 is 0 Å². The lowest BCUT2D eigenvalue weighted by Crippen LogP contribution is -2.49. The van der Waals surface area contributed by atoms with E-state index in [0.717, 1.165) is 18.9 Å². The predicted molar refractivity (Wildman–Crippen MR) is 103 cm³/mol. The van der Waals surface area contributed by atoms with Crippen LogP contribution in [0, 0.1) is 0 Å². The Morgan fingerprint density at radius 2 is 1.86 bits per heavy atom. The van der Waals surface area contributed by atoms with Gasteiger partial charge in [-0.25, -0.2) is 0 Å². The van der Waals surface area contributed by atoms with E-state index in [9.17, 15) is 4.79 Å². The van der Waals surface area contributed by atoms with Gasteiger partial charge in [0.15, 0.2) is 5.82 Å².